The van der Waals surface area contributed by atoms with Gasteiger partial charge in [-0.1, -0.05) is 12.8 Å². The number of rotatable bonds is 3. The Morgan fingerprint density at radius 3 is 2.70 bits per heavy atom. The van der Waals surface area contributed by atoms with Gasteiger partial charge in [0.05, 0.1) is 11.5 Å². The Morgan fingerprint density at radius 2 is 2.04 bits per heavy atom. The molecule has 2 fully saturated rings. The van der Waals surface area contributed by atoms with Gasteiger partial charge in [0.2, 0.25) is 11.8 Å². The molecule has 0 radical (unpaired) electrons. The number of thiophene rings is 1. The first kappa shape index (κ1) is 16.0. The summed E-state index contributed by atoms with van der Waals surface area (Å²) in [5.74, 6) is -0.356. The predicted octanol–water partition coefficient (Wildman–Crippen LogP) is 2.97. The highest BCUT2D eigenvalue weighted by Gasteiger charge is 2.38. The van der Waals surface area contributed by atoms with Crippen molar-refractivity contribution in [3.8, 4) is 6.07 Å². The third kappa shape index (κ3) is 2.98. The maximum atomic E-state index is 12.5. The van der Waals surface area contributed by atoms with Gasteiger partial charge in [0.25, 0.3) is 0 Å². The van der Waals surface area contributed by atoms with E-state index in [0.29, 0.717) is 23.2 Å². The molecule has 1 saturated carbocycles. The van der Waals surface area contributed by atoms with Crippen molar-refractivity contribution in [1.29, 1.82) is 5.26 Å². The number of nitrogens with zero attached hydrogens (tertiary/aromatic N) is 2. The highest BCUT2D eigenvalue weighted by molar-refractivity contribution is 7.16. The smallest absolute Gasteiger partial charge is 0.230 e. The lowest BCUT2D eigenvalue weighted by Gasteiger charge is -2.23. The number of amides is 2. The zero-order chi connectivity index (χ0) is 16.6. The molecule has 1 aromatic rings. The number of carbonyl (C=O) groups is 2. The molecule has 122 valence electrons. The van der Waals surface area contributed by atoms with Gasteiger partial charge in [-0.15, -0.1) is 11.3 Å². The molecule has 5 nitrogen and oxygen atoms in total. The molecular formula is C17H21N3O2S. The minimum atomic E-state index is -0.308. The van der Waals surface area contributed by atoms with Gasteiger partial charge < -0.3 is 10.2 Å². The van der Waals surface area contributed by atoms with Crippen molar-refractivity contribution in [2.75, 3.05) is 11.9 Å². The van der Waals surface area contributed by atoms with E-state index >= 15 is 0 Å². The van der Waals surface area contributed by atoms with Crippen molar-refractivity contribution in [3.05, 3.63) is 16.0 Å². The maximum absolute atomic E-state index is 12.5. The van der Waals surface area contributed by atoms with Crippen molar-refractivity contribution in [3.63, 3.8) is 0 Å². The van der Waals surface area contributed by atoms with E-state index in [0.717, 1.165) is 23.3 Å². The highest BCUT2D eigenvalue weighted by atomic mass is 32.1. The lowest BCUT2D eigenvalue weighted by Crippen LogP contribution is -2.35. The molecule has 1 aliphatic heterocycles. The van der Waals surface area contributed by atoms with Crippen molar-refractivity contribution in [1.82, 2.24) is 4.90 Å². The van der Waals surface area contributed by atoms with E-state index < -0.39 is 0 Å². The van der Waals surface area contributed by atoms with Gasteiger partial charge in [-0.05, 0) is 32.3 Å². The number of hydrogen-bond acceptors (Lipinski definition) is 4. The number of aryl methyl sites for hydroxylation is 1. The Balaban J connectivity index is 1.69. The van der Waals surface area contributed by atoms with Gasteiger partial charge in [-0.25, -0.2) is 0 Å². The molecule has 3 rings (SSSR count). The topological polar surface area (TPSA) is 73.2 Å². The maximum Gasteiger partial charge on any atom is 0.230 e. The fraction of sp³-hybridized carbons (Fsp3) is 0.588. The van der Waals surface area contributed by atoms with E-state index in [2.05, 4.69) is 11.4 Å². The Bertz CT molecular complexity index is 683. The van der Waals surface area contributed by atoms with Crippen LogP contribution in [0.2, 0.25) is 0 Å². The van der Waals surface area contributed by atoms with Crippen molar-refractivity contribution < 1.29 is 9.59 Å². The molecule has 2 aliphatic rings. The van der Waals surface area contributed by atoms with Crippen LogP contribution < -0.4 is 5.32 Å². The second kappa shape index (κ2) is 6.32. The monoisotopic (exact) mass is 331 g/mol. The zero-order valence-corrected chi connectivity index (χ0v) is 14.3. The van der Waals surface area contributed by atoms with Crippen LogP contribution in [0.15, 0.2) is 0 Å². The van der Waals surface area contributed by atoms with Gasteiger partial charge in [0, 0.05) is 23.9 Å². The molecule has 0 spiro atoms. The first-order valence-corrected chi connectivity index (χ1v) is 8.93. The van der Waals surface area contributed by atoms with Crippen LogP contribution in [0.4, 0.5) is 5.00 Å². The first-order chi connectivity index (χ1) is 11.0. The summed E-state index contributed by atoms with van der Waals surface area (Å²) in [4.78, 5) is 27.7. The molecular weight excluding hydrogens is 310 g/mol. The van der Waals surface area contributed by atoms with Crippen LogP contribution in [-0.2, 0) is 9.59 Å². The number of anilines is 1. The van der Waals surface area contributed by atoms with Crippen LogP contribution in [0.3, 0.4) is 0 Å². The molecule has 2 amide bonds. The van der Waals surface area contributed by atoms with Gasteiger partial charge in [-0.2, -0.15) is 5.26 Å². The standard InChI is InChI=1S/C17H21N3O2S/c1-10-11(2)23-17(14(10)8-18)19-16(22)12-7-15(21)20(9-12)13-5-3-4-6-13/h12-13H,3-7,9H2,1-2H3,(H,19,22)/t12-/m1/s1. The van der Waals surface area contributed by atoms with E-state index in [1.54, 1.807) is 0 Å². The normalized spacial score (nSPS) is 21.7. The summed E-state index contributed by atoms with van der Waals surface area (Å²) in [6.45, 7) is 4.35. The minimum Gasteiger partial charge on any atom is -0.339 e. The van der Waals surface area contributed by atoms with E-state index in [4.69, 9.17) is 0 Å². The second-order valence-corrected chi connectivity index (χ2v) is 7.70. The van der Waals surface area contributed by atoms with E-state index in [1.807, 2.05) is 18.7 Å². The van der Waals surface area contributed by atoms with Crippen LogP contribution >= 0.6 is 11.3 Å². The predicted molar refractivity (Wildman–Crippen MR) is 89.2 cm³/mol. The quantitative estimate of drug-likeness (QED) is 0.925. The first-order valence-electron chi connectivity index (χ1n) is 8.11. The minimum absolute atomic E-state index is 0.0936. The summed E-state index contributed by atoms with van der Waals surface area (Å²) >= 11 is 1.43. The molecule has 0 aromatic carbocycles. The second-order valence-electron chi connectivity index (χ2n) is 6.47. The fourth-order valence-corrected chi connectivity index (χ4v) is 4.55. The summed E-state index contributed by atoms with van der Waals surface area (Å²) in [7, 11) is 0. The Morgan fingerprint density at radius 1 is 1.35 bits per heavy atom. The summed E-state index contributed by atoms with van der Waals surface area (Å²) in [5, 5.41) is 12.7. The van der Waals surface area contributed by atoms with Crippen molar-refractivity contribution in [2.45, 2.75) is 52.0 Å². The SMILES string of the molecule is Cc1sc(NC(=O)[C@@H]2CC(=O)N(C3CCCC3)C2)c(C#N)c1C. The van der Waals surface area contributed by atoms with E-state index in [9.17, 15) is 14.9 Å². The molecule has 23 heavy (non-hydrogen) atoms. The van der Waals surface area contributed by atoms with Gasteiger partial charge in [0.1, 0.15) is 11.1 Å². The van der Waals surface area contributed by atoms with Crippen LogP contribution in [0, 0.1) is 31.1 Å². The van der Waals surface area contributed by atoms with Crippen LogP contribution in [0.1, 0.15) is 48.1 Å². The molecule has 1 atom stereocenters. The molecule has 1 aliphatic carbocycles. The summed E-state index contributed by atoms with van der Waals surface area (Å²) in [5.41, 5.74) is 1.46. The van der Waals surface area contributed by atoms with Crippen LogP contribution in [0.5, 0.6) is 0 Å². The number of carbonyl (C=O) groups excluding carboxylic acids is 2. The number of hydrogen-bond donors (Lipinski definition) is 1. The number of likely N-dealkylation sites (tertiary alicyclic amines) is 1. The molecule has 0 bridgehead atoms. The molecule has 1 N–H and O–H groups in total. The molecule has 0 unspecified atom stereocenters. The van der Waals surface area contributed by atoms with Gasteiger partial charge in [-0.3, -0.25) is 9.59 Å². The van der Waals surface area contributed by atoms with Crippen molar-refractivity contribution in [2.24, 2.45) is 5.92 Å². The summed E-state index contributed by atoms with van der Waals surface area (Å²) in [6.07, 6.45) is 4.74. The average molecular weight is 331 g/mol. The highest BCUT2D eigenvalue weighted by Crippen LogP contribution is 2.34. The van der Waals surface area contributed by atoms with Crippen LogP contribution in [0.25, 0.3) is 0 Å². The Hall–Kier alpha value is -1.87. The van der Waals surface area contributed by atoms with E-state index in [-0.39, 0.29) is 24.2 Å². The number of nitriles is 1. The molecule has 6 heteroatoms. The van der Waals surface area contributed by atoms with Gasteiger partial charge >= 0.3 is 0 Å². The number of nitrogens with one attached hydrogen (secondary N) is 1. The van der Waals surface area contributed by atoms with Crippen LogP contribution in [-0.4, -0.2) is 29.3 Å². The third-order valence-corrected chi connectivity index (χ3v) is 6.15. The van der Waals surface area contributed by atoms with E-state index in [1.165, 1.54) is 24.2 Å². The molecule has 2 heterocycles. The fourth-order valence-electron chi connectivity index (χ4n) is 3.54. The lowest BCUT2D eigenvalue weighted by atomic mass is 10.1. The Kier molecular flexibility index (Phi) is 4.40. The molecule has 1 saturated heterocycles. The molecule has 1 aromatic heterocycles. The van der Waals surface area contributed by atoms with Gasteiger partial charge in [0.15, 0.2) is 0 Å². The Labute approximate surface area is 140 Å². The third-order valence-electron chi connectivity index (χ3n) is 5.03. The zero-order valence-electron chi connectivity index (χ0n) is 13.5. The average Bonchev–Trinajstić information content (AvgIpc) is 3.20. The lowest BCUT2D eigenvalue weighted by molar-refractivity contribution is -0.129. The van der Waals surface area contributed by atoms with Crippen molar-refractivity contribution >= 4 is 28.2 Å². The summed E-state index contributed by atoms with van der Waals surface area (Å²) in [6, 6.07) is 2.48. The summed E-state index contributed by atoms with van der Waals surface area (Å²) < 4.78 is 0. The largest absolute Gasteiger partial charge is 0.339 e.